The molecule has 3 rings (SSSR count). The predicted molar refractivity (Wildman–Crippen MR) is 91.6 cm³/mol. The zero-order chi connectivity index (χ0) is 14.8. The predicted octanol–water partition coefficient (Wildman–Crippen LogP) is 5.59. The van der Waals surface area contributed by atoms with Gasteiger partial charge in [0.05, 0.1) is 7.11 Å². The third kappa shape index (κ3) is 3.12. The first-order chi connectivity index (χ1) is 10.2. The molecule has 0 saturated carbocycles. The molecule has 1 nitrogen and oxygen atoms in total. The molecule has 0 fully saturated rings. The summed E-state index contributed by atoms with van der Waals surface area (Å²) >= 11 is 10.0. The van der Waals surface area contributed by atoms with Gasteiger partial charge in [0.25, 0.3) is 0 Å². The number of hydrogen-bond donors (Lipinski definition) is 0. The van der Waals surface area contributed by atoms with Gasteiger partial charge < -0.3 is 4.74 Å². The van der Waals surface area contributed by atoms with Gasteiger partial charge in [-0.1, -0.05) is 51.8 Å². The monoisotopic (exact) mass is 364 g/mol. The molecular weight excluding hydrogens is 348 g/mol. The Labute approximate surface area is 139 Å². The second-order valence-electron chi connectivity index (χ2n) is 5.56. The van der Waals surface area contributed by atoms with Crippen LogP contribution in [0.5, 0.6) is 5.75 Å². The van der Waals surface area contributed by atoms with Gasteiger partial charge in [-0.2, -0.15) is 0 Å². The van der Waals surface area contributed by atoms with Crippen molar-refractivity contribution in [1.29, 1.82) is 0 Å². The molecule has 0 spiro atoms. The molecule has 1 aliphatic rings. The first-order valence-electron chi connectivity index (χ1n) is 7.23. The van der Waals surface area contributed by atoms with E-state index in [9.17, 15) is 0 Å². The van der Waals surface area contributed by atoms with Crippen LogP contribution in [0.4, 0.5) is 0 Å². The molecule has 0 aliphatic heterocycles. The molecule has 2 aromatic carbocycles. The number of fused-ring (bicyclic) bond motifs is 1. The van der Waals surface area contributed by atoms with E-state index in [4.69, 9.17) is 16.3 Å². The number of alkyl halides is 1. The number of benzene rings is 2. The van der Waals surface area contributed by atoms with Gasteiger partial charge >= 0.3 is 0 Å². The second-order valence-corrected chi connectivity index (χ2v) is 6.98. The molecule has 21 heavy (non-hydrogen) atoms. The Morgan fingerprint density at radius 3 is 2.86 bits per heavy atom. The SMILES string of the molecule is COc1ccc(Cl)cc1CC1CCc2ccccc2C1Br. The minimum Gasteiger partial charge on any atom is -0.496 e. The van der Waals surface area contributed by atoms with Crippen molar-refractivity contribution in [3.8, 4) is 5.75 Å². The van der Waals surface area contributed by atoms with Gasteiger partial charge in [-0.15, -0.1) is 0 Å². The largest absolute Gasteiger partial charge is 0.496 e. The smallest absolute Gasteiger partial charge is 0.122 e. The summed E-state index contributed by atoms with van der Waals surface area (Å²) in [6, 6.07) is 14.6. The van der Waals surface area contributed by atoms with Crippen LogP contribution in [0, 0.1) is 5.92 Å². The Morgan fingerprint density at radius 2 is 2.05 bits per heavy atom. The van der Waals surface area contributed by atoms with Crippen molar-refractivity contribution in [3.05, 3.63) is 64.2 Å². The van der Waals surface area contributed by atoms with Crippen LogP contribution in [0.25, 0.3) is 0 Å². The molecule has 0 bridgehead atoms. The molecule has 3 heteroatoms. The molecule has 0 amide bonds. The van der Waals surface area contributed by atoms with Crippen LogP contribution >= 0.6 is 27.5 Å². The van der Waals surface area contributed by atoms with Crippen molar-refractivity contribution in [2.24, 2.45) is 5.92 Å². The van der Waals surface area contributed by atoms with Gasteiger partial charge in [-0.05, 0) is 60.1 Å². The lowest BCUT2D eigenvalue weighted by Gasteiger charge is -2.30. The topological polar surface area (TPSA) is 9.23 Å². The summed E-state index contributed by atoms with van der Waals surface area (Å²) < 4.78 is 5.47. The van der Waals surface area contributed by atoms with Gasteiger partial charge in [0.2, 0.25) is 0 Å². The molecule has 2 atom stereocenters. The van der Waals surface area contributed by atoms with Gasteiger partial charge in [-0.3, -0.25) is 0 Å². The van der Waals surface area contributed by atoms with Crippen LogP contribution in [-0.4, -0.2) is 7.11 Å². The van der Waals surface area contributed by atoms with Crippen molar-refractivity contribution in [2.45, 2.75) is 24.1 Å². The third-order valence-electron chi connectivity index (χ3n) is 4.28. The van der Waals surface area contributed by atoms with Crippen LogP contribution in [0.15, 0.2) is 42.5 Å². The van der Waals surface area contributed by atoms with Gasteiger partial charge in [0.1, 0.15) is 5.75 Å². The molecule has 0 saturated heterocycles. The number of ether oxygens (including phenoxy) is 1. The van der Waals surface area contributed by atoms with E-state index in [0.29, 0.717) is 10.7 Å². The number of aryl methyl sites for hydroxylation is 1. The lowest BCUT2D eigenvalue weighted by molar-refractivity contribution is 0.396. The van der Waals surface area contributed by atoms with Crippen molar-refractivity contribution < 1.29 is 4.74 Å². The maximum Gasteiger partial charge on any atom is 0.122 e. The average Bonchev–Trinajstić information content (AvgIpc) is 2.51. The highest BCUT2D eigenvalue weighted by Crippen LogP contribution is 2.43. The molecule has 0 radical (unpaired) electrons. The van der Waals surface area contributed by atoms with Crippen molar-refractivity contribution >= 4 is 27.5 Å². The van der Waals surface area contributed by atoms with E-state index in [1.807, 2.05) is 18.2 Å². The Morgan fingerprint density at radius 1 is 1.24 bits per heavy atom. The van der Waals surface area contributed by atoms with Crippen molar-refractivity contribution in [2.75, 3.05) is 7.11 Å². The fourth-order valence-corrected chi connectivity index (χ4v) is 4.26. The van der Waals surface area contributed by atoms with E-state index in [2.05, 4.69) is 40.2 Å². The third-order valence-corrected chi connectivity index (χ3v) is 5.75. The van der Waals surface area contributed by atoms with Gasteiger partial charge in [0.15, 0.2) is 0 Å². The van der Waals surface area contributed by atoms with Gasteiger partial charge in [-0.25, -0.2) is 0 Å². The van der Waals surface area contributed by atoms with Crippen LogP contribution in [0.2, 0.25) is 5.02 Å². The van der Waals surface area contributed by atoms with E-state index < -0.39 is 0 Å². The molecule has 2 unspecified atom stereocenters. The summed E-state index contributed by atoms with van der Waals surface area (Å²) in [5, 5.41) is 0.771. The van der Waals surface area contributed by atoms with E-state index >= 15 is 0 Å². The maximum absolute atomic E-state index is 6.14. The maximum atomic E-state index is 6.14. The Balaban J connectivity index is 1.85. The summed E-state index contributed by atoms with van der Waals surface area (Å²) in [4.78, 5) is 0.395. The first kappa shape index (κ1) is 14.9. The number of halogens is 2. The van der Waals surface area contributed by atoms with E-state index in [0.717, 1.165) is 23.6 Å². The fourth-order valence-electron chi connectivity index (χ4n) is 3.17. The lowest BCUT2D eigenvalue weighted by Crippen LogP contribution is -2.19. The molecule has 0 heterocycles. The van der Waals surface area contributed by atoms with Crippen LogP contribution < -0.4 is 4.74 Å². The first-order valence-corrected chi connectivity index (χ1v) is 8.52. The highest BCUT2D eigenvalue weighted by Gasteiger charge is 2.28. The van der Waals surface area contributed by atoms with E-state index in [1.165, 1.54) is 23.1 Å². The van der Waals surface area contributed by atoms with Crippen molar-refractivity contribution in [3.63, 3.8) is 0 Å². The number of hydrogen-bond acceptors (Lipinski definition) is 1. The average molecular weight is 366 g/mol. The van der Waals surface area contributed by atoms with Crippen LogP contribution in [0.3, 0.4) is 0 Å². The standard InChI is InChI=1S/C18H18BrClO/c1-21-17-9-8-15(20)11-14(17)10-13-7-6-12-4-2-3-5-16(12)18(13)19/h2-5,8-9,11,13,18H,6-7,10H2,1H3. The summed E-state index contributed by atoms with van der Waals surface area (Å²) in [6.45, 7) is 0. The summed E-state index contributed by atoms with van der Waals surface area (Å²) in [6.07, 6.45) is 3.31. The zero-order valence-electron chi connectivity index (χ0n) is 12.0. The Bertz CT molecular complexity index is 641. The number of methoxy groups -OCH3 is 1. The summed E-state index contributed by atoms with van der Waals surface area (Å²) in [5.41, 5.74) is 4.09. The zero-order valence-corrected chi connectivity index (χ0v) is 14.3. The molecule has 2 aromatic rings. The fraction of sp³-hybridized carbons (Fsp3) is 0.333. The van der Waals surface area contributed by atoms with E-state index in [1.54, 1.807) is 7.11 Å². The highest BCUT2D eigenvalue weighted by molar-refractivity contribution is 9.09. The summed E-state index contributed by atoms with van der Waals surface area (Å²) in [5.74, 6) is 1.49. The highest BCUT2D eigenvalue weighted by atomic mass is 79.9. The molecule has 0 aromatic heterocycles. The Kier molecular flexibility index (Phi) is 4.56. The molecule has 0 N–H and O–H groups in total. The van der Waals surface area contributed by atoms with Gasteiger partial charge in [0, 0.05) is 9.85 Å². The summed E-state index contributed by atoms with van der Waals surface area (Å²) in [7, 11) is 1.72. The van der Waals surface area contributed by atoms with Crippen LogP contribution in [0.1, 0.15) is 27.9 Å². The molecular formula is C18H18BrClO. The minimum atomic E-state index is 0.395. The molecule has 110 valence electrons. The normalized spacial score (nSPS) is 20.9. The van der Waals surface area contributed by atoms with Crippen molar-refractivity contribution in [1.82, 2.24) is 0 Å². The van der Waals surface area contributed by atoms with Crippen LogP contribution in [-0.2, 0) is 12.8 Å². The lowest BCUT2D eigenvalue weighted by atomic mass is 9.80. The number of rotatable bonds is 3. The molecule has 1 aliphatic carbocycles. The second kappa shape index (κ2) is 6.41. The van der Waals surface area contributed by atoms with E-state index in [-0.39, 0.29) is 0 Å². The quantitative estimate of drug-likeness (QED) is 0.644. The minimum absolute atomic E-state index is 0.395. The Hall–Kier alpha value is -0.990.